The molecule has 18 nitrogen and oxygen atoms in total. The zero-order valence-corrected chi connectivity index (χ0v) is 22.2. The van der Waals surface area contributed by atoms with Gasteiger partial charge in [-0.05, 0) is 6.92 Å². The van der Waals surface area contributed by atoms with Crippen LogP contribution in [0, 0.1) is 5.92 Å². The Morgan fingerprint density at radius 2 is 1.49 bits per heavy atom. The number of aliphatic hydroxyl groups is 7. The van der Waals surface area contributed by atoms with Gasteiger partial charge in [-0.1, -0.05) is 6.92 Å². The maximum Gasteiger partial charge on any atom is 0.513 e. The van der Waals surface area contributed by atoms with Crippen molar-refractivity contribution in [2.45, 2.75) is 113 Å². The topological polar surface area (TPSA) is 270 Å². The first-order valence-corrected chi connectivity index (χ1v) is 12.9. The summed E-state index contributed by atoms with van der Waals surface area (Å²) >= 11 is 0. The molecule has 0 aromatic rings. The molecule has 236 valence electrons. The average molecular weight is 601 g/mol. The fraction of sp³-hybridized carbons (Fsp3) is 0.913. The minimum Gasteiger partial charge on any atom is -0.449 e. The third-order valence-electron chi connectivity index (χ3n) is 7.65. The Kier molecular flexibility index (Phi) is 9.88. The normalized spacial score (nSPS) is 50.5. The maximum absolute atomic E-state index is 12.4. The SMILES string of the molecule is C[C@H]1[C@@H](O)[C@H](O)O[C@@H](C)[C@@H]1O[C@@H]1O[C@@H]2CO[C@@](C)(C(=O)OC(=O)O)O[C@H]2[C@H](O[C@@H]2O[C@H](CO)[C@@H](O)[C@H](O)[C@@H]2O)[C@H]1O. The second kappa shape index (κ2) is 12.5. The van der Waals surface area contributed by atoms with E-state index in [1.807, 2.05) is 0 Å². The fourth-order valence-corrected chi connectivity index (χ4v) is 5.24. The van der Waals surface area contributed by atoms with E-state index in [0.29, 0.717) is 0 Å². The van der Waals surface area contributed by atoms with Gasteiger partial charge in [-0.2, -0.15) is 0 Å². The number of esters is 1. The lowest BCUT2D eigenvalue weighted by Gasteiger charge is -2.52. The van der Waals surface area contributed by atoms with Gasteiger partial charge >= 0.3 is 12.1 Å². The molecule has 4 aliphatic heterocycles. The van der Waals surface area contributed by atoms with Crippen LogP contribution in [-0.2, 0) is 42.7 Å². The molecule has 4 saturated heterocycles. The van der Waals surface area contributed by atoms with Crippen LogP contribution >= 0.6 is 0 Å². The highest BCUT2D eigenvalue weighted by molar-refractivity contribution is 5.86. The van der Waals surface area contributed by atoms with E-state index in [1.54, 1.807) is 13.8 Å². The third kappa shape index (κ3) is 6.36. The van der Waals surface area contributed by atoms with E-state index in [0.717, 1.165) is 6.92 Å². The number of aliphatic hydroxyl groups excluding tert-OH is 7. The predicted octanol–water partition coefficient (Wildman–Crippen LogP) is -4.27. The molecule has 4 fully saturated rings. The molecule has 0 aliphatic carbocycles. The van der Waals surface area contributed by atoms with Crippen molar-refractivity contribution >= 4 is 12.1 Å². The van der Waals surface area contributed by atoms with Crippen molar-refractivity contribution < 1.29 is 88.3 Å². The predicted molar refractivity (Wildman–Crippen MR) is 123 cm³/mol. The van der Waals surface area contributed by atoms with Crippen molar-refractivity contribution in [1.82, 2.24) is 0 Å². The highest BCUT2D eigenvalue weighted by Crippen LogP contribution is 2.38. The van der Waals surface area contributed by atoms with Crippen LogP contribution < -0.4 is 0 Å². The minimum atomic E-state index is -2.31. The van der Waals surface area contributed by atoms with Crippen molar-refractivity contribution in [3.8, 4) is 0 Å². The molecule has 0 saturated carbocycles. The van der Waals surface area contributed by atoms with Crippen LogP contribution in [0.4, 0.5) is 4.79 Å². The summed E-state index contributed by atoms with van der Waals surface area (Å²) in [5, 5.41) is 80.7. The molecule has 4 rings (SSSR count). The lowest BCUT2D eigenvalue weighted by molar-refractivity contribution is -0.412. The third-order valence-corrected chi connectivity index (χ3v) is 7.65. The summed E-state index contributed by atoms with van der Waals surface area (Å²) in [7, 11) is 0. The molecule has 0 unspecified atom stereocenters. The molecular weight excluding hydrogens is 564 g/mol. The molecule has 0 aromatic heterocycles. The van der Waals surface area contributed by atoms with Gasteiger partial charge in [-0.25, -0.2) is 9.59 Å². The highest BCUT2D eigenvalue weighted by Gasteiger charge is 2.58. The summed E-state index contributed by atoms with van der Waals surface area (Å²) < 4.78 is 43.6. The van der Waals surface area contributed by atoms with E-state index in [-0.39, 0.29) is 0 Å². The molecule has 4 heterocycles. The van der Waals surface area contributed by atoms with Gasteiger partial charge in [0.15, 0.2) is 18.9 Å². The second-order valence-corrected chi connectivity index (χ2v) is 10.5. The number of fused-ring (bicyclic) bond motifs is 1. The Balaban J connectivity index is 1.61. The first-order chi connectivity index (χ1) is 19.2. The lowest BCUT2D eigenvalue weighted by atomic mass is 9.90. The number of carbonyl (C=O) groups is 2. The quantitative estimate of drug-likeness (QED) is 0.106. The van der Waals surface area contributed by atoms with Gasteiger partial charge in [0, 0.05) is 12.8 Å². The van der Waals surface area contributed by atoms with E-state index in [2.05, 4.69) is 4.74 Å². The summed E-state index contributed by atoms with van der Waals surface area (Å²) in [6.07, 6.45) is -22.5. The monoisotopic (exact) mass is 600 g/mol. The number of carbonyl (C=O) groups excluding carboxylic acids is 1. The second-order valence-electron chi connectivity index (χ2n) is 10.5. The minimum absolute atomic E-state index is 0.440. The van der Waals surface area contributed by atoms with Gasteiger partial charge in [0.05, 0.1) is 25.4 Å². The van der Waals surface area contributed by atoms with E-state index in [4.69, 9.17) is 38.3 Å². The highest BCUT2D eigenvalue weighted by atomic mass is 16.8. The number of ether oxygens (including phenoxy) is 8. The summed E-state index contributed by atoms with van der Waals surface area (Å²) in [6, 6.07) is 0. The Labute approximate surface area is 232 Å². The molecule has 41 heavy (non-hydrogen) atoms. The zero-order chi connectivity index (χ0) is 30.4. The molecule has 4 aliphatic rings. The number of carboxylic acid groups (broad SMARTS) is 1. The van der Waals surface area contributed by atoms with Crippen LogP contribution in [0.25, 0.3) is 0 Å². The van der Waals surface area contributed by atoms with E-state index in [9.17, 15) is 45.3 Å². The molecule has 0 spiro atoms. The van der Waals surface area contributed by atoms with Gasteiger partial charge in [0.1, 0.15) is 54.9 Å². The van der Waals surface area contributed by atoms with Crippen molar-refractivity contribution in [1.29, 1.82) is 0 Å². The van der Waals surface area contributed by atoms with E-state index in [1.165, 1.54) is 0 Å². The van der Waals surface area contributed by atoms with Gasteiger partial charge in [-0.3, -0.25) is 0 Å². The van der Waals surface area contributed by atoms with Crippen molar-refractivity contribution in [3.05, 3.63) is 0 Å². The molecule has 0 radical (unpaired) electrons. The summed E-state index contributed by atoms with van der Waals surface area (Å²) in [5.41, 5.74) is 0. The first kappa shape index (κ1) is 32.3. The van der Waals surface area contributed by atoms with Crippen molar-refractivity contribution in [3.63, 3.8) is 0 Å². The van der Waals surface area contributed by atoms with Gasteiger partial charge in [0.25, 0.3) is 5.79 Å². The molecule has 16 atom stereocenters. The van der Waals surface area contributed by atoms with Crippen LogP contribution in [-0.4, -0.2) is 158 Å². The number of hydrogen-bond acceptors (Lipinski definition) is 17. The van der Waals surface area contributed by atoms with Crippen LogP contribution in [0.3, 0.4) is 0 Å². The van der Waals surface area contributed by atoms with Crippen LogP contribution in [0.5, 0.6) is 0 Å². The Morgan fingerprint density at radius 1 is 0.854 bits per heavy atom. The summed E-state index contributed by atoms with van der Waals surface area (Å²) in [6.45, 7) is 2.98. The molecule has 0 aromatic carbocycles. The van der Waals surface area contributed by atoms with E-state index < -0.39 is 123 Å². The number of hydrogen-bond donors (Lipinski definition) is 8. The largest absolute Gasteiger partial charge is 0.513 e. The van der Waals surface area contributed by atoms with E-state index >= 15 is 0 Å². The van der Waals surface area contributed by atoms with Crippen molar-refractivity contribution in [2.75, 3.05) is 13.2 Å². The Bertz CT molecular complexity index is 934. The molecule has 0 bridgehead atoms. The Hall–Kier alpha value is -1.62. The van der Waals surface area contributed by atoms with Gasteiger partial charge < -0.3 is 78.7 Å². The standard InChI is InChI=1S/C23H36O18/c1-6-10(25)18(30)35-7(2)15(6)38-20-14(29)17(39-19-13(28)12(27)11(26)8(4-24)36-19)16-9(37-20)5-34-23(3,41-16)21(31)40-22(32)33/h6-20,24-30H,4-5H2,1-3H3,(H,32,33)/t6-,7-,8+,9+,10+,11+,12-,13-,14+,15+,16+,17+,18+,19-,20-,23+/m0/s1. The maximum atomic E-state index is 12.4. The Morgan fingerprint density at radius 3 is 2.12 bits per heavy atom. The molecular formula is C23H36O18. The lowest BCUT2D eigenvalue weighted by Crippen LogP contribution is -2.69. The average Bonchev–Trinajstić information content (AvgIpc) is 2.91. The number of rotatable bonds is 6. The molecule has 0 amide bonds. The van der Waals surface area contributed by atoms with Gasteiger partial charge in [0.2, 0.25) is 0 Å². The van der Waals surface area contributed by atoms with Crippen molar-refractivity contribution in [2.24, 2.45) is 5.92 Å². The smallest absolute Gasteiger partial charge is 0.449 e. The van der Waals surface area contributed by atoms with Gasteiger partial charge in [-0.15, -0.1) is 0 Å². The molecule has 8 N–H and O–H groups in total. The first-order valence-electron chi connectivity index (χ1n) is 12.9. The fourth-order valence-electron chi connectivity index (χ4n) is 5.24. The summed E-state index contributed by atoms with van der Waals surface area (Å²) in [5.74, 6) is -4.47. The van der Waals surface area contributed by atoms with Crippen LogP contribution in [0.15, 0.2) is 0 Å². The zero-order valence-electron chi connectivity index (χ0n) is 22.2. The van der Waals surface area contributed by atoms with Crippen LogP contribution in [0.1, 0.15) is 20.8 Å². The summed E-state index contributed by atoms with van der Waals surface area (Å²) in [4.78, 5) is 23.3. The van der Waals surface area contributed by atoms with Crippen LogP contribution in [0.2, 0.25) is 0 Å². The molecule has 18 heteroatoms.